The third-order valence-corrected chi connectivity index (χ3v) is 4.20. The van der Waals surface area contributed by atoms with Crippen molar-refractivity contribution in [3.8, 4) is 0 Å². The van der Waals surface area contributed by atoms with Gasteiger partial charge in [0.2, 0.25) is 0 Å². The van der Waals surface area contributed by atoms with Crippen molar-refractivity contribution in [2.75, 3.05) is 6.61 Å². The summed E-state index contributed by atoms with van der Waals surface area (Å²) < 4.78 is 6.13. The van der Waals surface area contributed by atoms with Crippen LogP contribution in [0.15, 0.2) is 30.3 Å². The van der Waals surface area contributed by atoms with Crippen molar-refractivity contribution < 1.29 is 4.74 Å². The van der Waals surface area contributed by atoms with E-state index in [9.17, 15) is 0 Å². The van der Waals surface area contributed by atoms with Crippen LogP contribution in [0.3, 0.4) is 0 Å². The van der Waals surface area contributed by atoms with Crippen molar-refractivity contribution in [3.63, 3.8) is 0 Å². The maximum Gasteiger partial charge on any atom is 0.0977 e. The summed E-state index contributed by atoms with van der Waals surface area (Å²) in [7, 11) is 0. The lowest BCUT2D eigenvalue weighted by Gasteiger charge is -2.33. The molecule has 1 aromatic rings. The van der Waals surface area contributed by atoms with Crippen LogP contribution in [-0.2, 0) is 4.74 Å². The highest BCUT2D eigenvalue weighted by Gasteiger charge is 2.33. The molecule has 2 nitrogen and oxygen atoms in total. The smallest absolute Gasteiger partial charge is 0.0977 e. The fourth-order valence-electron chi connectivity index (χ4n) is 2.69. The summed E-state index contributed by atoms with van der Waals surface area (Å²) in [5.41, 5.74) is 1.50. The highest BCUT2D eigenvalue weighted by atomic mass is 16.5. The van der Waals surface area contributed by atoms with Crippen LogP contribution in [0.5, 0.6) is 0 Å². The minimum atomic E-state index is 0.185. The zero-order chi connectivity index (χ0) is 13.0. The summed E-state index contributed by atoms with van der Waals surface area (Å²) in [5.74, 6) is 0. The molecule has 1 fully saturated rings. The van der Waals surface area contributed by atoms with Gasteiger partial charge in [-0.25, -0.2) is 0 Å². The maximum absolute atomic E-state index is 6.13. The fourth-order valence-corrected chi connectivity index (χ4v) is 2.69. The van der Waals surface area contributed by atoms with Crippen LogP contribution in [-0.4, -0.2) is 18.2 Å². The lowest BCUT2D eigenvalue weighted by atomic mass is 9.92. The lowest BCUT2D eigenvalue weighted by Crippen LogP contribution is -2.48. The molecule has 0 bridgehead atoms. The number of rotatable bonds is 3. The minimum Gasteiger partial charge on any atom is -0.372 e. The predicted octanol–water partition coefficient (Wildman–Crippen LogP) is 3.68. The molecule has 0 aromatic heterocycles. The third-order valence-electron chi connectivity index (χ3n) is 4.20. The summed E-state index contributed by atoms with van der Waals surface area (Å²) >= 11 is 0. The topological polar surface area (TPSA) is 21.3 Å². The van der Waals surface area contributed by atoms with Gasteiger partial charge in [-0.1, -0.05) is 44.2 Å². The molecule has 1 heterocycles. The molecule has 2 heteroatoms. The van der Waals surface area contributed by atoms with Gasteiger partial charge in [0.05, 0.1) is 6.10 Å². The Hall–Kier alpha value is -0.860. The van der Waals surface area contributed by atoms with Crippen LogP contribution in [0.4, 0.5) is 0 Å². The van der Waals surface area contributed by atoms with Crippen molar-refractivity contribution in [1.29, 1.82) is 0 Å². The van der Waals surface area contributed by atoms with E-state index in [-0.39, 0.29) is 11.6 Å². The zero-order valence-electron chi connectivity index (χ0n) is 11.8. The number of hydrogen-bond acceptors (Lipinski definition) is 2. The summed E-state index contributed by atoms with van der Waals surface area (Å²) in [5, 5.41) is 3.82. The maximum atomic E-state index is 6.13. The largest absolute Gasteiger partial charge is 0.372 e. The van der Waals surface area contributed by atoms with Gasteiger partial charge in [-0.2, -0.15) is 0 Å². The molecule has 18 heavy (non-hydrogen) atoms. The number of nitrogens with one attached hydrogen (secondary N) is 1. The van der Waals surface area contributed by atoms with E-state index in [1.165, 1.54) is 5.56 Å². The Balaban J connectivity index is 2.20. The van der Waals surface area contributed by atoms with Gasteiger partial charge >= 0.3 is 0 Å². The molecular weight excluding hydrogens is 222 g/mol. The van der Waals surface area contributed by atoms with Crippen LogP contribution >= 0.6 is 0 Å². The van der Waals surface area contributed by atoms with Crippen molar-refractivity contribution in [3.05, 3.63) is 35.9 Å². The molecule has 100 valence electrons. The van der Waals surface area contributed by atoms with Crippen molar-refractivity contribution in [2.45, 2.75) is 57.7 Å². The third kappa shape index (κ3) is 2.93. The summed E-state index contributed by atoms with van der Waals surface area (Å²) in [6.07, 6.45) is 3.51. The minimum absolute atomic E-state index is 0.185. The number of benzene rings is 1. The molecule has 0 saturated carbocycles. The monoisotopic (exact) mass is 247 g/mol. The Morgan fingerprint density at radius 3 is 2.61 bits per heavy atom. The Morgan fingerprint density at radius 2 is 2.00 bits per heavy atom. The van der Waals surface area contributed by atoms with Gasteiger partial charge < -0.3 is 10.1 Å². The number of ether oxygens (including phenoxy) is 1. The average Bonchev–Trinajstić information content (AvgIpc) is 2.59. The molecule has 0 aliphatic carbocycles. The quantitative estimate of drug-likeness (QED) is 0.879. The highest BCUT2D eigenvalue weighted by Crippen LogP contribution is 2.30. The summed E-state index contributed by atoms with van der Waals surface area (Å²) in [6, 6.07) is 11.0. The first-order valence-corrected chi connectivity index (χ1v) is 7.13. The zero-order valence-corrected chi connectivity index (χ0v) is 11.8. The first-order chi connectivity index (χ1) is 8.68. The van der Waals surface area contributed by atoms with Crippen LogP contribution in [0.25, 0.3) is 0 Å². The van der Waals surface area contributed by atoms with Gasteiger partial charge in [-0.05, 0) is 31.7 Å². The first kappa shape index (κ1) is 13.6. The highest BCUT2D eigenvalue weighted by molar-refractivity contribution is 5.20. The molecular formula is C16H25NO. The van der Waals surface area contributed by atoms with Gasteiger partial charge in [0.25, 0.3) is 0 Å². The van der Waals surface area contributed by atoms with E-state index < -0.39 is 0 Å². The lowest BCUT2D eigenvalue weighted by molar-refractivity contribution is 0.0410. The van der Waals surface area contributed by atoms with Crippen LogP contribution < -0.4 is 5.32 Å². The summed E-state index contributed by atoms with van der Waals surface area (Å²) in [4.78, 5) is 0. The van der Waals surface area contributed by atoms with Crippen LogP contribution in [0.1, 0.15) is 51.7 Å². The first-order valence-electron chi connectivity index (χ1n) is 7.13. The second-order valence-electron chi connectivity index (χ2n) is 5.53. The van der Waals surface area contributed by atoms with Crippen LogP contribution in [0.2, 0.25) is 0 Å². The Bertz CT molecular complexity index is 365. The molecule has 0 radical (unpaired) electrons. The Morgan fingerprint density at radius 1 is 1.28 bits per heavy atom. The van der Waals surface area contributed by atoms with Gasteiger partial charge in [0.15, 0.2) is 0 Å². The predicted molar refractivity (Wildman–Crippen MR) is 75.7 cm³/mol. The molecule has 0 amide bonds. The van der Waals surface area contributed by atoms with E-state index in [2.05, 4.69) is 56.4 Å². The van der Waals surface area contributed by atoms with Gasteiger partial charge in [-0.3, -0.25) is 0 Å². The molecule has 3 unspecified atom stereocenters. The normalized spacial score (nSPS) is 33.1. The molecule has 1 aliphatic rings. The van der Waals surface area contributed by atoms with Gasteiger partial charge in [-0.15, -0.1) is 0 Å². The molecule has 1 aromatic carbocycles. The van der Waals surface area contributed by atoms with Gasteiger partial charge in [0.1, 0.15) is 0 Å². The molecule has 1 aliphatic heterocycles. The van der Waals surface area contributed by atoms with Crippen molar-refractivity contribution in [2.24, 2.45) is 0 Å². The average molecular weight is 247 g/mol. The van der Waals surface area contributed by atoms with E-state index in [4.69, 9.17) is 4.74 Å². The van der Waals surface area contributed by atoms with Gasteiger partial charge in [0, 0.05) is 18.2 Å². The molecule has 2 rings (SSSR count). The molecule has 3 atom stereocenters. The summed E-state index contributed by atoms with van der Waals surface area (Å²) in [6.45, 7) is 7.64. The van der Waals surface area contributed by atoms with Crippen LogP contribution in [0, 0.1) is 0 Å². The Kier molecular flexibility index (Phi) is 4.41. The standard InChI is InChI=1S/C16H25NO/c1-4-14-15(13-9-7-6-8-10-13)18-12-11-16(3,5-2)17-14/h6-10,14-15,17H,4-5,11-12H2,1-3H3. The van der Waals surface area contributed by atoms with E-state index in [0.29, 0.717) is 6.04 Å². The van der Waals surface area contributed by atoms with E-state index >= 15 is 0 Å². The van der Waals surface area contributed by atoms with Crippen molar-refractivity contribution >= 4 is 0 Å². The molecule has 1 saturated heterocycles. The van der Waals surface area contributed by atoms with E-state index in [1.807, 2.05) is 0 Å². The van der Waals surface area contributed by atoms with Crippen molar-refractivity contribution in [1.82, 2.24) is 5.32 Å². The second-order valence-corrected chi connectivity index (χ2v) is 5.53. The Labute approximate surface area is 111 Å². The fraction of sp³-hybridized carbons (Fsp3) is 0.625. The SMILES string of the molecule is CCC1NC(C)(CC)CCOC1c1ccccc1. The molecule has 0 spiro atoms. The number of hydrogen-bond donors (Lipinski definition) is 1. The second kappa shape index (κ2) is 5.85. The molecule has 1 N–H and O–H groups in total. The van der Waals surface area contributed by atoms with E-state index in [0.717, 1.165) is 25.9 Å². The van der Waals surface area contributed by atoms with E-state index in [1.54, 1.807) is 0 Å².